The summed E-state index contributed by atoms with van der Waals surface area (Å²) in [7, 11) is 0. The van der Waals surface area contributed by atoms with E-state index in [0.717, 1.165) is 32.1 Å². The van der Waals surface area contributed by atoms with Crippen LogP contribution in [-0.2, 0) is 14.3 Å². The Kier molecular flexibility index (Phi) is 4.18. The van der Waals surface area contributed by atoms with Gasteiger partial charge in [0.1, 0.15) is 6.10 Å². The van der Waals surface area contributed by atoms with E-state index in [9.17, 15) is 4.79 Å². The summed E-state index contributed by atoms with van der Waals surface area (Å²) < 4.78 is 12.1. The Morgan fingerprint density at radius 2 is 1.67 bits per heavy atom. The third-order valence-electron chi connectivity index (χ3n) is 7.98. The standard InChI is InChI=1S/C21H34O3/c1-7-19(4)11-8-16-20(5)12-10-17(23-14-22)18(2,3)15(20)9-13-21(16,6)24-19/h7,14-17H,1,8-13H2,2-6H3/t15?,16-,17+,19-,20+,21-/m0/s1. The minimum absolute atomic E-state index is 0.0222. The van der Waals surface area contributed by atoms with Crippen LogP contribution in [0.2, 0.25) is 0 Å². The van der Waals surface area contributed by atoms with E-state index in [4.69, 9.17) is 9.47 Å². The molecule has 3 aliphatic rings. The van der Waals surface area contributed by atoms with Gasteiger partial charge in [0.15, 0.2) is 0 Å². The minimum atomic E-state index is -0.193. The van der Waals surface area contributed by atoms with Crippen LogP contribution in [0.1, 0.15) is 73.1 Å². The van der Waals surface area contributed by atoms with E-state index in [0.29, 0.717) is 18.3 Å². The van der Waals surface area contributed by atoms with Crippen molar-refractivity contribution in [1.82, 2.24) is 0 Å². The number of carbonyl (C=O) groups excluding carboxylic acids is 1. The van der Waals surface area contributed by atoms with Crippen molar-refractivity contribution in [2.24, 2.45) is 22.7 Å². The maximum absolute atomic E-state index is 10.9. The van der Waals surface area contributed by atoms with Gasteiger partial charge in [0.2, 0.25) is 0 Å². The van der Waals surface area contributed by atoms with Gasteiger partial charge in [0.25, 0.3) is 6.47 Å². The topological polar surface area (TPSA) is 35.5 Å². The fraction of sp³-hybridized carbons (Fsp3) is 0.857. The maximum atomic E-state index is 10.9. The Morgan fingerprint density at radius 3 is 2.29 bits per heavy atom. The second-order valence-electron chi connectivity index (χ2n) is 9.70. The zero-order valence-electron chi connectivity index (χ0n) is 16.1. The average Bonchev–Trinajstić information content (AvgIpc) is 2.49. The van der Waals surface area contributed by atoms with Crippen molar-refractivity contribution in [2.45, 2.75) is 90.4 Å². The summed E-state index contributed by atoms with van der Waals surface area (Å²) in [4.78, 5) is 10.9. The van der Waals surface area contributed by atoms with Crippen molar-refractivity contribution in [3.8, 4) is 0 Å². The van der Waals surface area contributed by atoms with Crippen LogP contribution in [0.5, 0.6) is 0 Å². The van der Waals surface area contributed by atoms with Crippen LogP contribution in [0, 0.1) is 22.7 Å². The van der Waals surface area contributed by atoms with Crippen LogP contribution in [0.25, 0.3) is 0 Å². The lowest BCUT2D eigenvalue weighted by Gasteiger charge is -2.66. The van der Waals surface area contributed by atoms with Crippen molar-refractivity contribution in [2.75, 3.05) is 0 Å². The second kappa shape index (κ2) is 5.59. The molecule has 1 saturated heterocycles. The van der Waals surface area contributed by atoms with Gasteiger partial charge in [-0.1, -0.05) is 26.8 Å². The number of fused-ring (bicyclic) bond motifs is 3. The molecule has 136 valence electrons. The lowest BCUT2D eigenvalue weighted by atomic mass is 9.44. The first-order valence-corrected chi connectivity index (χ1v) is 9.54. The average molecular weight is 335 g/mol. The molecule has 3 rings (SSSR count). The molecule has 6 atom stereocenters. The molecule has 0 spiro atoms. The molecule has 2 aliphatic carbocycles. The van der Waals surface area contributed by atoms with Crippen molar-refractivity contribution >= 4 is 6.47 Å². The molecule has 1 aliphatic heterocycles. The summed E-state index contributed by atoms with van der Waals surface area (Å²) in [5.74, 6) is 1.13. The van der Waals surface area contributed by atoms with Gasteiger partial charge >= 0.3 is 0 Å². The Morgan fingerprint density at radius 1 is 1.00 bits per heavy atom. The van der Waals surface area contributed by atoms with Crippen molar-refractivity contribution in [3.63, 3.8) is 0 Å². The fourth-order valence-electron chi connectivity index (χ4n) is 6.71. The quantitative estimate of drug-likeness (QED) is 0.544. The maximum Gasteiger partial charge on any atom is 0.293 e. The zero-order valence-corrected chi connectivity index (χ0v) is 16.1. The third-order valence-corrected chi connectivity index (χ3v) is 7.98. The summed E-state index contributed by atoms with van der Waals surface area (Å²) in [5.41, 5.74) is 0.0127. The van der Waals surface area contributed by atoms with Crippen molar-refractivity contribution < 1.29 is 14.3 Å². The normalized spacial score (nSPS) is 50.3. The molecule has 0 aromatic heterocycles. The molecule has 24 heavy (non-hydrogen) atoms. The number of rotatable bonds is 3. The Labute approximate surface area is 147 Å². The molecule has 0 N–H and O–H groups in total. The molecule has 0 radical (unpaired) electrons. The van der Waals surface area contributed by atoms with Crippen LogP contribution in [0.3, 0.4) is 0 Å². The summed E-state index contributed by atoms with van der Waals surface area (Å²) >= 11 is 0. The van der Waals surface area contributed by atoms with E-state index in [1.54, 1.807) is 0 Å². The zero-order chi connectivity index (χ0) is 17.8. The van der Waals surface area contributed by atoms with Crippen LogP contribution < -0.4 is 0 Å². The van der Waals surface area contributed by atoms with E-state index < -0.39 is 0 Å². The highest BCUT2D eigenvalue weighted by Crippen LogP contribution is 2.65. The number of ether oxygens (including phenoxy) is 2. The molecule has 1 heterocycles. The van der Waals surface area contributed by atoms with Gasteiger partial charge in [-0.2, -0.15) is 0 Å². The largest absolute Gasteiger partial charge is 0.464 e. The van der Waals surface area contributed by atoms with E-state index in [2.05, 4.69) is 41.2 Å². The SMILES string of the molecule is C=C[C@@]1(C)CC[C@@H]2[C@](C)(CCC3C(C)(C)[C@H](OC=O)CC[C@]32C)O1. The van der Waals surface area contributed by atoms with Crippen LogP contribution in [0.15, 0.2) is 12.7 Å². The third kappa shape index (κ3) is 2.46. The molecule has 0 aromatic rings. The molecule has 1 unspecified atom stereocenters. The lowest BCUT2D eigenvalue weighted by Crippen LogP contribution is -2.64. The highest BCUT2D eigenvalue weighted by molar-refractivity contribution is 5.38. The summed E-state index contributed by atoms with van der Waals surface area (Å²) in [6, 6.07) is 0. The molecular weight excluding hydrogens is 300 g/mol. The molecule has 3 heteroatoms. The van der Waals surface area contributed by atoms with Gasteiger partial charge in [0.05, 0.1) is 11.2 Å². The predicted molar refractivity (Wildman–Crippen MR) is 95.6 cm³/mol. The van der Waals surface area contributed by atoms with Gasteiger partial charge in [-0.15, -0.1) is 6.58 Å². The van der Waals surface area contributed by atoms with E-state index >= 15 is 0 Å². The highest BCUT2D eigenvalue weighted by atomic mass is 16.5. The Hall–Kier alpha value is -0.830. The van der Waals surface area contributed by atoms with Crippen molar-refractivity contribution in [3.05, 3.63) is 12.7 Å². The monoisotopic (exact) mass is 334 g/mol. The molecule has 0 amide bonds. The van der Waals surface area contributed by atoms with Gasteiger partial charge in [-0.05, 0) is 69.6 Å². The van der Waals surface area contributed by atoms with E-state index in [1.807, 2.05) is 6.08 Å². The first kappa shape index (κ1) is 18.0. The highest BCUT2D eigenvalue weighted by Gasteiger charge is 2.63. The van der Waals surface area contributed by atoms with Gasteiger partial charge in [0, 0.05) is 5.41 Å². The Bertz CT molecular complexity index is 527. The predicted octanol–water partition coefficient (Wildman–Crippen LogP) is 4.89. The van der Waals surface area contributed by atoms with Crippen LogP contribution >= 0.6 is 0 Å². The molecule has 3 nitrogen and oxygen atoms in total. The number of hydrogen-bond acceptors (Lipinski definition) is 3. The Balaban J connectivity index is 1.92. The molecular formula is C21H34O3. The molecule has 3 fully saturated rings. The van der Waals surface area contributed by atoms with Gasteiger partial charge in [-0.3, -0.25) is 4.79 Å². The van der Waals surface area contributed by atoms with E-state index in [1.165, 1.54) is 6.42 Å². The summed E-state index contributed by atoms with van der Waals surface area (Å²) in [5, 5.41) is 0. The number of carbonyl (C=O) groups is 1. The first-order valence-electron chi connectivity index (χ1n) is 9.54. The van der Waals surface area contributed by atoms with Crippen LogP contribution in [0.4, 0.5) is 0 Å². The fourth-order valence-corrected chi connectivity index (χ4v) is 6.71. The van der Waals surface area contributed by atoms with Crippen LogP contribution in [-0.4, -0.2) is 23.8 Å². The number of hydrogen-bond donors (Lipinski definition) is 0. The van der Waals surface area contributed by atoms with Crippen molar-refractivity contribution in [1.29, 1.82) is 0 Å². The van der Waals surface area contributed by atoms with Gasteiger partial charge < -0.3 is 9.47 Å². The molecule has 0 aromatic carbocycles. The summed E-state index contributed by atoms with van der Waals surface area (Å²) in [6.45, 7) is 16.2. The first-order chi connectivity index (χ1) is 11.1. The van der Waals surface area contributed by atoms with E-state index in [-0.39, 0.29) is 28.1 Å². The smallest absolute Gasteiger partial charge is 0.293 e. The minimum Gasteiger partial charge on any atom is -0.464 e. The lowest BCUT2D eigenvalue weighted by molar-refractivity contribution is -0.262. The summed E-state index contributed by atoms with van der Waals surface area (Å²) in [6.07, 6.45) is 8.58. The van der Waals surface area contributed by atoms with Gasteiger partial charge in [-0.25, -0.2) is 0 Å². The second-order valence-corrected chi connectivity index (χ2v) is 9.70. The molecule has 0 bridgehead atoms. The molecule has 2 saturated carbocycles.